The lowest BCUT2D eigenvalue weighted by Crippen LogP contribution is -2.32. The molecule has 0 aromatic carbocycles. The van der Waals surface area contributed by atoms with Crippen molar-refractivity contribution in [2.75, 3.05) is 20.3 Å². The standard InChI is InChI=1S/C12H21NOS/c1-3-6-13-12(4-7-14-2)9-11-5-8-15-10-11/h5,8,10,12-13H,3-4,6-7,9H2,1-2H3. The first-order valence-electron chi connectivity index (χ1n) is 5.60. The molecule has 1 rings (SSSR count). The summed E-state index contributed by atoms with van der Waals surface area (Å²) in [6.45, 7) is 4.13. The maximum absolute atomic E-state index is 5.13. The summed E-state index contributed by atoms with van der Waals surface area (Å²) < 4.78 is 5.13. The first-order chi connectivity index (χ1) is 7.36. The first kappa shape index (κ1) is 12.7. The normalized spacial score (nSPS) is 12.9. The minimum Gasteiger partial charge on any atom is -0.385 e. The zero-order valence-corrected chi connectivity index (χ0v) is 10.5. The molecule has 15 heavy (non-hydrogen) atoms. The fourth-order valence-electron chi connectivity index (χ4n) is 1.58. The van der Waals surface area contributed by atoms with Crippen molar-refractivity contribution < 1.29 is 4.74 Å². The molecule has 1 atom stereocenters. The summed E-state index contributed by atoms with van der Waals surface area (Å²) in [7, 11) is 1.77. The number of hydrogen-bond donors (Lipinski definition) is 1. The van der Waals surface area contributed by atoms with Gasteiger partial charge in [-0.25, -0.2) is 0 Å². The Morgan fingerprint density at radius 1 is 1.53 bits per heavy atom. The van der Waals surface area contributed by atoms with E-state index in [1.807, 2.05) is 0 Å². The van der Waals surface area contributed by atoms with Gasteiger partial charge in [-0.2, -0.15) is 11.3 Å². The average molecular weight is 227 g/mol. The summed E-state index contributed by atoms with van der Waals surface area (Å²) in [5, 5.41) is 7.94. The molecule has 0 aliphatic rings. The third kappa shape index (κ3) is 5.30. The molecule has 86 valence electrons. The van der Waals surface area contributed by atoms with Crippen LogP contribution < -0.4 is 5.32 Å². The number of hydrogen-bond acceptors (Lipinski definition) is 3. The van der Waals surface area contributed by atoms with Crippen LogP contribution in [0, 0.1) is 0 Å². The molecule has 0 radical (unpaired) electrons. The zero-order chi connectivity index (χ0) is 10.9. The summed E-state index contributed by atoms with van der Waals surface area (Å²) in [6, 6.07) is 2.76. The topological polar surface area (TPSA) is 21.3 Å². The Morgan fingerprint density at radius 3 is 3.00 bits per heavy atom. The van der Waals surface area contributed by atoms with Crippen molar-refractivity contribution in [2.45, 2.75) is 32.2 Å². The van der Waals surface area contributed by atoms with E-state index in [0.717, 1.165) is 26.0 Å². The number of thiophene rings is 1. The second-order valence-corrected chi connectivity index (χ2v) is 4.55. The first-order valence-corrected chi connectivity index (χ1v) is 6.54. The molecule has 1 unspecified atom stereocenters. The van der Waals surface area contributed by atoms with Crippen molar-refractivity contribution in [2.24, 2.45) is 0 Å². The van der Waals surface area contributed by atoms with E-state index < -0.39 is 0 Å². The number of nitrogens with one attached hydrogen (secondary N) is 1. The van der Waals surface area contributed by atoms with Crippen LogP contribution >= 0.6 is 11.3 Å². The summed E-state index contributed by atoms with van der Waals surface area (Å²) in [5.41, 5.74) is 1.43. The quantitative estimate of drug-likeness (QED) is 0.737. The van der Waals surface area contributed by atoms with E-state index >= 15 is 0 Å². The molecule has 0 amide bonds. The van der Waals surface area contributed by atoms with Gasteiger partial charge in [0.25, 0.3) is 0 Å². The monoisotopic (exact) mass is 227 g/mol. The van der Waals surface area contributed by atoms with E-state index in [1.54, 1.807) is 18.4 Å². The van der Waals surface area contributed by atoms with Crippen molar-refractivity contribution >= 4 is 11.3 Å². The van der Waals surface area contributed by atoms with Crippen molar-refractivity contribution in [3.63, 3.8) is 0 Å². The van der Waals surface area contributed by atoms with Gasteiger partial charge >= 0.3 is 0 Å². The van der Waals surface area contributed by atoms with Crippen LogP contribution in [0.15, 0.2) is 16.8 Å². The predicted octanol–water partition coefficient (Wildman–Crippen LogP) is 2.70. The summed E-state index contributed by atoms with van der Waals surface area (Å²) in [6.07, 6.45) is 3.40. The van der Waals surface area contributed by atoms with Gasteiger partial charge in [0.05, 0.1) is 0 Å². The highest BCUT2D eigenvalue weighted by molar-refractivity contribution is 7.07. The Bertz CT molecular complexity index is 228. The minimum absolute atomic E-state index is 0.555. The van der Waals surface area contributed by atoms with Crippen molar-refractivity contribution in [1.82, 2.24) is 5.32 Å². The molecule has 1 aromatic rings. The number of rotatable bonds is 8. The van der Waals surface area contributed by atoms with Gasteiger partial charge in [0.1, 0.15) is 0 Å². The fourth-order valence-corrected chi connectivity index (χ4v) is 2.26. The third-order valence-electron chi connectivity index (χ3n) is 2.42. The average Bonchev–Trinajstić information content (AvgIpc) is 2.74. The number of ether oxygens (including phenoxy) is 1. The predicted molar refractivity (Wildman–Crippen MR) is 66.6 cm³/mol. The van der Waals surface area contributed by atoms with Crippen molar-refractivity contribution in [3.05, 3.63) is 22.4 Å². The Hall–Kier alpha value is -0.380. The molecule has 0 spiro atoms. The molecule has 2 nitrogen and oxygen atoms in total. The van der Waals surface area contributed by atoms with Gasteiger partial charge in [0, 0.05) is 19.8 Å². The minimum atomic E-state index is 0.555. The third-order valence-corrected chi connectivity index (χ3v) is 3.15. The van der Waals surface area contributed by atoms with Gasteiger partial charge in [-0.15, -0.1) is 0 Å². The van der Waals surface area contributed by atoms with E-state index in [9.17, 15) is 0 Å². The van der Waals surface area contributed by atoms with E-state index in [2.05, 4.69) is 29.1 Å². The Balaban J connectivity index is 2.33. The van der Waals surface area contributed by atoms with Gasteiger partial charge < -0.3 is 10.1 Å². The molecule has 0 saturated heterocycles. The summed E-state index contributed by atoms with van der Waals surface area (Å²) >= 11 is 1.77. The highest BCUT2D eigenvalue weighted by atomic mass is 32.1. The van der Waals surface area contributed by atoms with Crippen LogP contribution in [0.5, 0.6) is 0 Å². The van der Waals surface area contributed by atoms with Crippen LogP contribution in [0.25, 0.3) is 0 Å². The lowest BCUT2D eigenvalue weighted by Gasteiger charge is -2.17. The van der Waals surface area contributed by atoms with E-state index in [1.165, 1.54) is 12.0 Å². The van der Waals surface area contributed by atoms with Crippen LogP contribution in [-0.4, -0.2) is 26.3 Å². The number of methoxy groups -OCH3 is 1. The lowest BCUT2D eigenvalue weighted by molar-refractivity contribution is 0.182. The Morgan fingerprint density at radius 2 is 2.40 bits per heavy atom. The second kappa shape index (κ2) is 7.85. The molecule has 3 heteroatoms. The molecule has 0 fully saturated rings. The van der Waals surface area contributed by atoms with Gasteiger partial charge in [0.15, 0.2) is 0 Å². The van der Waals surface area contributed by atoms with E-state index in [-0.39, 0.29) is 0 Å². The largest absolute Gasteiger partial charge is 0.385 e. The molecule has 0 aliphatic heterocycles. The van der Waals surface area contributed by atoms with Crippen LogP contribution in [-0.2, 0) is 11.2 Å². The molecular formula is C12H21NOS. The second-order valence-electron chi connectivity index (χ2n) is 3.77. The van der Waals surface area contributed by atoms with E-state index in [4.69, 9.17) is 4.74 Å². The van der Waals surface area contributed by atoms with Gasteiger partial charge in [0.2, 0.25) is 0 Å². The van der Waals surface area contributed by atoms with Crippen molar-refractivity contribution in [3.8, 4) is 0 Å². The van der Waals surface area contributed by atoms with Crippen LogP contribution in [0.2, 0.25) is 0 Å². The summed E-state index contributed by atoms with van der Waals surface area (Å²) in [5.74, 6) is 0. The SMILES string of the molecule is CCCNC(CCOC)Cc1ccsc1. The Labute approximate surface area is 96.7 Å². The molecule has 1 aromatic heterocycles. The van der Waals surface area contributed by atoms with Crippen LogP contribution in [0.1, 0.15) is 25.3 Å². The zero-order valence-electron chi connectivity index (χ0n) is 9.66. The highest BCUT2D eigenvalue weighted by Gasteiger charge is 2.08. The maximum atomic E-state index is 5.13. The molecule has 1 N–H and O–H groups in total. The van der Waals surface area contributed by atoms with Gasteiger partial charge in [-0.3, -0.25) is 0 Å². The maximum Gasteiger partial charge on any atom is 0.0477 e. The molecule has 1 heterocycles. The lowest BCUT2D eigenvalue weighted by atomic mass is 10.1. The summed E-state index contributed by atoms with van der Waals surface area (Å²) in [4.78, 5) is 0. The smallest absolute Gasteiger partial charge is 0.0477 e. The van der Waals surface area contributed by atoms with Gasteiger partial charge in [-0.1, -0.05) is 6.92 Å². The fraction of sp³-hybridized carbons (Fsp3) is 0.667. The van der Waals surface area contributed by atoms with Crippen LogP contribution in [0.4, 0.5) is 0 Å². The molecule has 0 aliphatic carbocycles. The highest BCUT2D eigenvalue weighted by Crippen LogP contribution is 2.10. The Kier molecular flexibility index (Phi) is 6.64. The molecule has 0 bridgehead atoms. The molecule has 0 saturated carbocycles. The van der Waals surface area contributed by atoms with Crippen LogP contribution in [0.3, 0.4) is 0 Å². The van der Waals surface area contributed by atoms with E-state index in [0.29, 0.717) is 6.04 Å². The van der Waals surface area contributed by atoms with Gasteiger partial charge in [-0.05, 0) is 48.2 Å². The molecular weight excluding hydrogens is 206 g/mol. The van der Waals surface area contributed by atoms with Crippen molar-refractivity contribution in [1.29, 1.82) is 0 Å².